The van der Waals surface area contributed by atoms with Crippen LogP contribution in [0.15, 0.2) is 17.8 Å². The van der Waals surface area contributed by atoms with E-state index in [1.165, 1.54) is 32.5 Å². The predicted molar refractivity (Wildman–Crippen MR) is 80.3 cm³/mol. The zero-order valence-electron chi connectivity index (χ0n) is 11.7. The Morgan fingerprint density at radius 3 is 2.81 bits per heavy atom. The Hall–Kier alpha value is -1.40. The quantitative estimate of drug-likeness (QED) is 0.945. The molecule has 5 nitrogen and oxygen atoms in total. The number of aromatic amines is 1. The van der Waals surface area contributed by atoms with Gasteiger partial charge in [-0.3, -0.25) is 5.10 Å². The molecule has 4 bridgehead atoms. The van der Waals surface area contributed by atoms with E-state index in [0.717, 1.165) is 22.4 Å². The minimum absolute atomic E-state index is 0.376. The van der Waals surface area contributed by atoms with E-state index in [0.29, 0.717) is 17.9 Å². The van der Waals surface area contributed by atoms with E-state index >= 15 is 0 Å². The Morgan fingerprint density at radius 2 is 2.10 bits per heavy atom. The summed E-state index contributed by atoms with van der Waals surface area (Å²) in [6.45, 7) is 3.76. The van der Waals surface area contributed by atoms with E-state index in [-0.39, 0.29) is 0 Å². The van der Waals surface area contributed by atoms with Gasteiger partial charge in [-0.2, -0.15) is 5.10 Å². The van der Waals surface area contributed by atoms with E-state index in [4.69, 9.17) is 4.74 Å². The van der Waals surface area contributed by atoms with E-state index in [2.05, 4.69) is 25.5 Å². The largest absolute Gasteiger partial charge is 0.466 e. The van der Waals surface area contributed by atoms with E-state index in [9.17, 15) is 0 Å². The lowest BCUT2D eigenvalue weighted by Gasteiger charge is -2.55. The second-order valence-corrected chi connectivity index (χ2v) is 7.46. The predicted octanol–water partition coefficient (Wildman–Crippen LogP) is 2.25. The first kappa shape index (κ1) is 12.2. The molecule has 0 radical (unpaired) electrons. The Morgan fingerprint density at radius 1 is 1.24 bits per heavy atom. The highest BCUT2D eigenvalue weighted by molar-refractivity contribution is 7.11. The SMILES string of the molecule is c1n[nH]cc1-c1csc(OC2[C@H]3CC4C[C@H]2CN(C4)C3)n1. The van der Waals surface area contributed by atoms with Crippen LogP contribution in [0.25, 0.3) is 11.3 Å². The van der Waals surface area contributed by atoms with Crippen LogP contribution in [0.3, 0.4) is 0 Å². The third-order valence-electron chi connectivity index (χ3n) is 5.22. The van der Waals surface area contributed by atoms with Crippen molar-refractivity contribution in [2.24, 2.45) is 17.8 Å². The number of H-pyrrole nitrogens is 1. The Balaban J connectivity index is 1.36. The van der Waals surface area contributed by atoms with Crippen LogP contribution in [-0.2, 0) is 0 Å². The fraction of sp³-hybridized carbons (Fsp3) is 0.600. The molecule has 3 aliphatic heterocycles. The normalized spacial score (nSPS) is 37.0. The molecule has 4 fully saturated rings. The first-order valence-electron chi connectivity index (χ1n) is 7.69. The molecule has 6 heteroatoms. The molecule has 2 atom stereocenters. The summed E-state index contributed by atoms with van der Waals surface area (Å²) < 4.78 is 6.32. The number of ether oxygens (including phenoxy) is 1. The summed E-state index contributed by atoms with van der Waals surface area (Å²) in [5.41, 5.74) is 1.98. The van der Waals surface area contributed by atoms with Crippen LogP contribution in [0.1, 0.15) is 12.8 Å². The molecule has 21 heavy (non-hydrogen) atoms. The van der Waals surface area contributed by atoms with Crippen LogP contribution >= 0.6 is 11.3 Å². The number of hydrogen-bond donors (Lipinski definition) is 1. The van der Waals surface area contributed by atoms with Gasteiger partial charge in [0.15, 0.2) is 0 Å². The zero-order chi connectivity index (χ0) is 13.8. The maximum absolute atomic E-state index is 6.32. The highest BCUT2D eigenvalue weighted by Crippen LogP contribution is 2.45. The molecule has 3 saturated heterocycles. The molecule has 1 saturated carbocycles. The maximum atomic E-state index is 6.32. The maximum Gasteiger partial charge on any atom is 0.274 e. The summed E-state index contributed by atoms with van der Waals surface area (Å²) in [7, 11) is 0. The van der Waals surface area contributed by atoms with E-state index in [1.807, 2.05) is 6.20 Å². The van der Waals surface area contributed by atoms with E-state index < -0.39 is 0 Å². The van der Waals surface area contributed by atoms with Gasteiger partial charge in [0.25, 0.3) is 5.19 Å². The first-order chi connectivity index (χ1) is 10.3. The van der Waals surface area contributed by atoms with Crippen molar-refractivity contribution >= 4 is 11.3 Å². The standard InChI is InChI=1S/C15H18N4OS/c1-9-2-11-7-19(5-9)6-10(1)14(11)20-15-18-13(8-21-15)12-3-16-17-4-12/h3-4,8-11,14H,1-2,5-7H2,(H,16,17)/t9?,10-,11-,14?/m0/s1. The van der Waals surface area contributed by atoms with Crippen molar-refractivity contribution < 1.29 is 4.74 Å². The second kappa shape index (κ2) is 4.55. The van der Waals surface area contributed by atoms with Crippen LogP contribution in [-0.4, -0.2) is 45.8 Å². The number of rotatable bonds is 3. The highest BCUT2D eigenvalue weighted by Gasteiger charge is 2.48. The molecule has 0 spiro atoms. The van der Waals surface area contributed by atoms with Crippen LogP contribution in [0, 0.1) is 17.8 Å². The minimum atomic E-state index is 0.376. The van der Waals surface area contributed by atoms with Crippen molar-refractivity contribution in [3.63, 3.8) is 0 Å². The zero-order valence-corrected chi connectivity index (χ0v) is 12.6. The van der Waals surface area contributed by atoms with Gasteiger partial charge in [0.2, 0.25) is 0 Å². The molecule has 1 aliphatic carbocycles. The smallest absolute Gasteiger partial charge is 0.274 e. The fourth-order valence-corrected chi connectivity index (χ4v) is 5.23. The number of nitrogens with one attached hydrogen (secondary N) is 1. The van der Waals surface area contributed by atoms with Gasteiger partial charge < -0.3 is 9.64 Å². The number of hydrogen-bond acceptors (Lipinski definition) is 5. The molecule has 0 amide bonds. The van der Waals surface area contributed by atoms with Crippen LogP contribution < -0.4 is 4.74 Å². The molecule has 0 unspecified atom stereocenters. The summed E-state index contributed by atoms with van der Waals surface area (Å²) in [6, 6.07) is 0. The molecule has 0 aromatic carbocycles. The second-order valence-electron chi connectivity index (χ2n) is 6.64. The molecule has 110 valence electrons. The average Bonchev–Trinajstić information content (AvgIpc) is 3.13. The van der Waals surface area contributed by atoms with Gasteiger partial charge >= 0.3 is 0 Å². The van der Waals surface area contributed by atoms with Gasteiger partial charge in [-0.05, 0) is 18.8 Å². The van der Waals surface area contributed by atoms with E-state index in [1.54, 1.807) is 17.5 Å². The third-order valence-corrected chi connectivity index (χ3v) is 5.95. The highest BCUT2D eigenvalue weighted by atomic mass is 32.1. The first-order valence-corrected chi connectivity index (χ1v) is 8.57. The topological polar surface area (TPSA) is 54.0 Å². The summed E-state index contributed by atoms with van der Waals surface area (Å²) in [5, 5.41) is 9.68. The molecule has 6 rings (SSSR count). The fourth-order valence-electron chi connectivity index (χ4n) is 4.51. The van der Waals surface area contributed by atoms with Crippen molar-refractivity contribution in [1.82, 2.24) is 20.1 Å². The van der Waals surface area contributed by atoms with Crippen molar-refractivity contribution in [3.8, 4) is 16.5 Å². The van der Waals surface area contributed by atoms with Gasteiger partial charge in [0.05, 0.1) is 11.9 Å². The molecule has 2 aromatic rings. The van der Waals surface area contributed by atoms with Gasteiger partial charge in [0.1, 0.15) is 6.10 Å². The molecule has 4 aliphatic rings. The van der Waals surface area contributed by atoms with Crippen LogP contribution in [0.2, 0.25) is 0 Å². The van der Waals surface area contributed by atoms with Gasteiger partial charge in [0, 0.05) is 48.6 Å². The number of nitrogens with zero attached hydrogens (tertiary/aromatic N) is 3. The lowest BCUT2D eigenvalue weighted by molar-refractivity contribution is -0.0984. The molecule has 1 N–H and O–H groups in total. The van der Waals surface area contributed by atoms with Gasteiger partial charge in [-0.25, -0.2) is 4.98 Å². The lowest BCUT2D eigenvalue weighted by Crippen LogP contribution is -2.61. The number of aromatic nitrogens is 3. The average molecular weight is 302 g/mol. The minimum Gasteiger partial charge on any atom is -0.466 e. The Labute approximate surface area is 127 Å². The summed E-state index contributed by atoms with van der Waals surface area (Å²) >= 11 is 1.60. The monoisotopic (exact) mass is 302 g/mol. The summed E-state index contributed by atoms with van der Waals surface area (Å²) in [6.07, 6.45) is 6.74. The Kier molecular flexibility index (Phi) is 2.64. The molecular weight excluding hydrogens is 284 g/mol. The summed E-state index contributed by atoms with van der Waals surface area (Å²) in [4.78, 5) is 7.26. The van der Waals surface area contributed by atoms with Crippen molar-refractivity contribution in [2.75, 3.05) is 19.6 Å². The molecule has 2 aromatic heterocycles. The molecular formula is C15H18N4OS. The van der Waals surface area contributed by atoms with Crippen LogP contribution in [0.5, 0.6) is 5.19 Å². The molecule has 5 heterocycles. The number of thiazole rings is 1. The Bertz CT molecular complexity index is 610. The van der Waals surface area contributed by atoms with Crippen LogP contribution in [0.4, 0.5) is 0 Å². The van der Waals surface area contributed by atoms with Crippen molar-refractivity contribution in [1.29, 1.82) is 0 Å². The van der Waals surface area contributed by atoms with Crippen molar-refractivity contribution in [3.05, 3.63) is 17.8 Å². The van der Waals surface area contributed by atoms with Gasteiger partial charge in [-0.15, -0.1) is 0 Å². The van der Waals surface area contributed by atoms with Crippen molar-refractivity contribution in [2.45, 2.75) is 18.9 Å². The number of piperidine rings is 3. The third kappa shape index (κ3) is 2.00. The lowest BCUT2D eigenvalue weighted by atomic mass is 9.66. The van der Waals surface area contributed by atoms with Gasteiger partial charge in [-0.1, -0.05) is 11.3 Å². The summed E-state index contributed by atoms with van der Waals surface area (Å²) in [5.74, 6) is 2.33.